The van der Waals surface area contributed by atoms with E-state index in [1.165, 1.54) is 12.1 Å². The number of fused-ring (bicyclic) bond motifs is 1. The van der Waals surface area contributed by atoms with Crippen molar-refractivity contribution in [1.82, 2.24) is 24.9 Å². The average Bonchev–Trinajstić information content (AvgIpc) is 3.06. The number of hydrogen-bond acceptors (Lipinski definition) is 3. The van der Waals surface area contributed by atoms with E-state index in [1.807, 2.05) is 67.5 Å². The molecule has 0 unspecified atom stereocenters. The Hall–Kier alpha value is -2.89. The number of aryl methyl sites for hydroxylation is 2. The first-order valence-corrected chi connectivity index (χ1v) is 10.4. The standard InChI is InChI=1S/C23H29N5O/c1-15(21-16(2)25-27(4)17(21)3)24-23(29)22-19-13-9-6-10-14-20(19)28(26-22)18-11-7-5-8-12-18/h5,7-8,11-12,15H,6,9-10,13-14H2,1-4H3,(H,24,29)/t15-/m0/s1. The van der Waals surface area contributed by atoms with Crippen LogP contribution in [0.15, 0.2) is 30.3 Å². The van der Waals surface area contributed by atoms with Crippen LogP contribution in [0.5, 0.6) is 0 Å². The van der Waals surface area contributed by atoms with Crippen molar-refractivity contribution in [2.75, 3.05) is 0 Å². The molecule has 0 spiro atoms. The molecule has 0 bridgehead atoms. The maximum atomic E-state index is 13.3. The monoisotopic (exact) mass is 391 g/mol. The first-order chi connectivity index (χ1) is 14.0. The second-order valence-electron chi connectivity index (χ2n) is 7.99. The Morgan fingerprint density at radius 3 is 2.48 bits per heavy atom. The van der Waals surface area contributed by atoms with Crippen LogP contribution in [0.1, 0.15) is 70.9 Å². The van der Waals surface area contributed by atoms with Gasteiger partial charge in [-0.2, -0.15) is 10.2 Å². The van der Waals surface area contributed by atoms with Crippen molar-refractivity contribution in [3.8, 4) is 5.69 Å². The van der Waals surface area contributed by atoms with Gasteiger partial charge < -0.3 is 5.32 Å². The van der Waals surface area contributed by atoms with E-state index in [9.17, 15) is 4.79 Å². The molecule has 4 rings (SSSR count). The highest BCUT2D eigenvalue weighted by Crippen LogP contribution is 2.27. The van der Waals surface area contributed by atoms with Crippen molar-refractivity contribution in [3.05, 3.63) is 64.2 Å². The lowest BCUT2D eigenvalue weighted by atomic mass is 10.0. The normalized spacial score (nSPS) is 14.9. The van der Waals surface area contributed by atoms with E-state index in [-0.39, 0.29) is 11.9 Å². The van der Waals surface area contributed by atoms with Gasteiger partial charge in [0, 0.05) is 29.6 Å². The van der Waals surface area contributed by atoms with Crippen molar-refractivity contribution < 1.29 is 4.79 Å². The van der Waals surface area contributed by atoms with Crippen LogP contribution in [0.25, 0.3) is 5.69 Å². The number of carbonyl (C=O) groups is 1. The summed E-state index contributed by atoms with van der Waals surface area (Å²) in [5, 5.41) is 12.4. The molecule has 1 atom stereocenters. The van der Waals surface area contributed by atoms with Gasteiger partial charge in [-0.25, -0.2) is 4.68 Å². The van der Waals surface area contributed by atoms with E-state index in [0.29, 0.717) is 5.69 Å². The fraction of sp³-hybridized carbons (Fsp3) is 0.435. The van der Waals surface area contributed by atoms with Gasteiger partial charge in [-0.3, -0.25) is 9.48 Å². The number of hydrogen-bond donors (Lipinski definition) is 1. The molecule has 152 valence electrons. The Morgan fingerprint density at radius 2 is 1.79 bits per heavy atom. The molecule has 1 N–H and O–H groups in total. The first kappa shape index (κ1) is 19.4. The molecule has 6 nitrogen and oxygen atoms in total. The summed E-state index contributed by atoms with van der Waals surface area (Å²) in [7, 11) is 1.93. The van der Waals surface area contributed by atoms with E-state index in [2.05, 4.69) is 10.4 Å². The highest BCUT2D eigenvalue weighted by Gasteiger charge is 2.26. The van der Waals surface area contributed by atoms with Gasteiger partial charge in [-0.15, -0.1) is 0 Å². The number of aromatic nitrogens is 4. The molecule has 0 fully saturated rings. The van der Waals surface area contributed by atoms with Gasteiger partial charge in [0.05, 0.1) is 17.4 Å². The van der Waals surface area contributed by atoms with Crippen LogP contribution >= 0.6 is 0 Å². The van der Waals surface area contributed by atoms with Gasteiger partial charge in [-0.1, -0.05) is 24.6 Å². The van der Waals surface area contributed by atoms with Crippen molar-refractivity contribution in [3.63, 3.8) is 0 Å². The van der Waals surface area contributed by atoms with Gasteiger partial charge in [0.25, 0.3) is 5.91 Å². The first-order valence-electron chi connectivity index (χ1n) is 10.4. The largest absolute Gasteiger partial charge is 0.344 e. The van der Waals surface area contributed by atoms with Crippen LogP contribution in [0.3, 0.4) is 0 Å². The number of carbonyl (C=O) groups excluding carboxylic acids is 1. The lowest BCUT2D eigenvalue weighted by Crippen LogP contribution is -2.28. The molecule has 1 aliphatic carbocycles. The zero-order valence-electron chi connectivity index (χ0n) is 17.7. The van der Waals surface area contributed by atoms with Gasteiger partial charge >= 0.3 is 0 Å². The molecule has 2 heterocycles. The Labute approximate surface area is 171 Å². The summed E-state index contributed by atoms with van der Waals surface area (Å²) in [6.07, 6.45) is 5.29. The molecule has 0 saturated carbocycles. The summed E-state index contributed by atoms with van der Waals surface area (Å²) in [5.74, 6) is -0.104. The van der Waals surface area contributed by atoms with E-state index < -0.39 is 0 Å². The molecule has 1 amide bonds. The predicted octanol–water partition coefficient (Wildman–Crippen LogP) is 3.98. The second kappa shape index (κ2) is 7.85. The van der Waals surface area contributed by atoms with Gasteiger partial charge in [0.1, 0.15) is 0 Å². The Morgan fingerprint density at radius 1 is 1.07 bits per heavy atom. The predicted molar refractivity (Wildman–Crippen MR) is 113 cm³/mol. The van der Waals surface area contributed by atoms with Crippen LogP contribution in [0.2, 0.25) is 0 Å². The third-order valence-electron chi connectivity index (χ3n) is 5.99. The number of para-hydroxylation sites is 1. The number of amides is 1. The van der Waals surface area contributed by atoms with Crippen LogP contribution in [0.4, 0.5) is 0 Å². The lowest BCUT2D eigenvalue weighted by Gasteiger charge is -2.14. The number of benzene rings is 1. The molecule has 0 saturated heterocycles. The smallest absolute Gasteiger partial charge is 0.272 e. The third-order valence-corrected chi connectivity index (χ3v) is 5.99. The van der Waals surface area contributed by atoms with Crippen LogP contribution in [-0.2, 0) is 19.9 Å². The molecule has 3 aromatic rings. The summed E-state index contributed by atoms with van der Waals surface area (Å²) >= 11 is 0. The van der Waals surface area contributed by atoms with Crippen LogP contribution < -0.4 is 5.32 Å². The fourth-order valence-electron chi connectivity index (χ4n) is 4.49. The summed E-state index contributed by atoms with van der Waals surface area (Å²) in [4.78, 5) is 13.3. The minimum atomic E-state index is -0.125. The minimum absolute atomic E-state index is 0.104. The zero-order chi connectivity index (χ0) is 20.5. The molecule has 1 aromatic carbocycles. The van der Waals surface area contributed by atoms with Gasteiger partial charge in [0.15, 0.2) is 5.69 Å². The summed E-state index contributed by atoms with van der Waals surface area (Å²) < 4.78 is 3.84. The minimum Gasteiger partial charge on any atom is -0.344 e. The lowest BCUT2D eigenvalue weighted by molar-refractivity contribution is 0.0933. The molecule has 0 aliphatic heterocycles. The molecule has 6 heteroatoms. The van der Waals surface area contributed by atoms with Crippen molar-refractivity contribution in [2.45, 2.75) is 58.9 Å². The molecule has 0 radical (unpaired) electrons. The summed E-state index contributed by atoms with van der Waals surface area (Å²) in [5.41, 5.74) is 6.97. The second-order valence-corrected chi connectivity index (χ2v) is 7.99. The Bertz CT molecular complexity index is 1030. The molecule has 1 aliphatic rings. The highest BCUT2D eigenvalue weighted by molar-refractivity contribution is 5.94. The van der Waals surface area contributed by atoms with Gasteiger partial charge in [-0.05, 0) is 58.6 Å². The third kappa shape index (κ3) is 3.59. The van der Waals surface area contributed by atoms with E-state index >= 15 is 0 Å². The Kier molecular flexibility index (Phi) is 5.26. The maximum Gasteiger partial charge on any atom is 0.272 e. The molecular weight excluding hydrogens is 362 g/mol. The summed E-state index contributed by atoms with van der Waals surface area (Å²) in [6, 6.07) is 9.99. The topological polar surface area (TPSA) is 64.7 Å². The van der Waals surface area contributed by atoms with E-state index in [1.54, 1.807) is 0 Å². The molecule has 29 heavy (non-hydrogen) atoms. The average molecular weight is 392 g/mol. The van der Waals surface area contributed by atoms with E-state index in [0.717, 1.165) is 53.9 Å². The number of nitrogens with one attached hydrogen (secondary N) is 1. The zero-order valence-corrected chi connectivity index (χ0v) is 17.7. The quantitative estimate of drug-likeness (QED) is 0.684. The Balaban J connectivity index is 1.69. The van der Waals surface area contributed by atoms with Crippen molar-refractivity contribution in [2.24, 2.45) is 7.05 Å². The van der Waals surface area contributed by atoms with Crippen LogP contribution in [-0.4, -0.2) is 25.5 Å². The van der Waals surface area contributed by atoms with E-state index in [4.69, 9.17) is 5.10 Å². The number of rotatable bonds is 4. The molecular formula is C23H29N5O. The van der Waals surface area contributed by atoms with Gasteiger partial charge in [0.2, 0.25) is 0 Å². The maximum absolute atomic E-state index is 13.3. The SMILES string of the molecule is Cc1nn(C)c(C)c1[C@H](C)NC(=O)c1nn(-c2ccccc2)c2c1CCCCC2. The molecule has 2 aromatic heterocycles. The van der Waals surface area contributed by atoms with Crippen LogP contribution in [0, 0.1) is 13.8 Å². The van der Waals surface area contributed by atoms with Crippen molar-refractivity contribution in [1.29, 1.82) is 0 Å². The summed E-state index contributed by atoms with van der Waals surface area (Å²) in [6.45, 7) is 6.04. The van der Waals surface area contributed by atoms with Crippen molar-refractivity contribution >= 4 is 5.91 Å². The number of nitrogens with zero attached hydrogens (tertiary/aromatic N) is 4. The fourth-order valence-corrected chi connectivity index (χ4v) is 4.49. The highest BCUT2D eigenvalue weighted by atomic mass is 16.2.